The average molecular weight is 271 g/mol. The average Bonchev–Trinajstić information content (AvgIpc) is 2.93. The standard InChI is InChI=1S/C15H17N3O2/c1-19-11-6-10(7-17-8-11)15(18-16)13-9-20-14-5-3-2-4-12(13)14/h2-8,13,15,18H,9,16H2,1H3. The van der Waals surface area contributed by atoms with E-state index in [1.165, 1.54) is 5.56 Å². The van der Waals surface area contributed by atoms with Gasteiger partial charge in [0.05, 0.1) is 26.0 Å². The van der Waals surface area contributed by atoms with Crippen molar-refractivity contribution in [3.05, 3.63) is 53.9 Å². The second-order valence-electron chi connectivity index (χ2n) is 4.76. The Morgan fingerprint density at radius 1 is 1.40 bits per heavy atom. The number of aromatic nitrogens is 1. The van der Waals surface area contributed by atoms with Gasteiger partial charge in [-0.15, -0.1) is 0 Å². The van der Waals surface area contributed by atoms with Crippen molar-refractivity contribution in [1.82, 2.24) is 10.4 Å². The predicted octanol–water partition coefficient (Wildman–Crippen LogP) is 1.77. The third kappa shape index (κ3) is 2.21. The maximum atomic E-state index is 5.76. The van der Waals surface area contributed by atoms with Gasteiger partial charge in [-0.25, -0.2) is 0 Å². The maximum absolute atomic E-state index is 5.76. The van der Waals surface area contributed by atoms with Gasteiger partial charge in [-0.1, -0.05) is 18.2 Å². The Balaban J connectivity index is 1.95. The Hall–Kier alpha value is -2.11. The lowest BCUT2D eigenvalue weighted by atomic mass is 9.89. The molecule has 0 saturated heterocycles. The zero-order valence-electron chi connectivity index (χ0n) is 11.2. The number of ether oxygens (including phenoxy) is 2. The fourth-order valence-corrected chi connectivity index (χ4v) is 2.63. The van der Waals surface area contributed by atoms with Crippen molar-refractivity contribution in [2.75, 3.05) is 13.7 Å². The smallest absolute Gasteiger partial charge is 0.137 e. The number of pyridine rings is 1. The minimum Gasteiger partial charge on any atom is -0.495 e. The van der Waals surface area contributed by atoms with Crippen molar-refractivity contribution in [1.29, 1.82) is 0 Å². The van der Waals surface area contributed by atoms with Gasteiger partial charge in [-0.3, -0.25) is 16.3 Å². The van der Waals surface area contributed by atoms with Gasteiger partial charge in [0.1, 0.15) is 11.5 Å². The Morgan fingerprint density at radius 2 is 2.25 bits per heavy atom. The fraction of sp³-hybridized carbons (Fsp3) is 0.267. The van der Waals surface area contributed by atoms with Gasteiger partial charge >= 0.3 is 0 Å². The molecule has 2 atom stereocenters. The van der Waals surface area contributed by atoms with Crippen LogP contribution in [-0.4, -0.2) is 18.7 Å². The fourth-order valence-electron chi connectivity index (χ4n) is 2.63. The lowest BCUT2D eigenvalue weighted by molar-refractivity contribution is 0.300. The van der Waals surface area contributed by atoms with Crippen molar-refractivity contribution in [2.24, 2.45) is 5.84 Å². The van der Waals surface area contributed by atoms with Gasteiger partial charge in [-0.2, -0.15) is 0 Å². The van der Waals surface area contributed by atoms with Crippen LogP contribution in [0.2, 0.25) is 0 Å². The van der Waals surface area contributed by atoms with E-state index < -0.39 is 0 Å². The maximum Gasteiger partial charge on any atom is 0.137 e. The molecule has 0 spiro atoms. The second kappa shape index (κ2) is 5.48. The highest BCUT2D eigenvalue weighted by Gasteiger charge is 2.32. The number of rotatable bonds is 4. The first-order chi connectivity index (χ1) is 9.83. The van der Waals surface area contributed by atoms with E-state index in [4.69, 9.17) is 15.3 Å². The zero-order valence-corrected chi connectivity index (χ0v) is 11.2. The number of methoxy groups -OCH3 is 1. The number of hydrogen-bond acceptors (Lipinski definition) is 5. The molecular formula is C15H17N3O2. The first kappa shape index (κ1) is 12.9. The molecule has 1 aromatic carbocycles. The Labute approximate surface area is 117 Å². The summed E-state index contributed by atoms with van der Waals surface area (Å²) in [7, 11) is 1.62. The molecule has 1 aliphatic heterocycles. The molecule has 5 heteroatoms. The summed E-state index contributed by atoms with van der Waals surface area (Å²) in [4.78, 5) is 4.19. The van der Waals surface area contributed by atoms with E-state index in [-0.39, 0.29) is 12.0 Å². The Bertz CT molecular complexity index is 603. The van der Waals surface area contributed by atoms with Gasteiger partial charge in [0.2, 0.25) is 0 Å². The molecule has 0 fully saturated rings. The van der Waals surface area contributed by atoms with E-state index in [0.29, 0.717) is 6.61 Å². The molecule has 0 radical (unpaired) electrons. The number of nitrogens with two attached hydrogens (primary N) is 1. The molecule has 0 aliphatic carbocycles. The van der Waals surface area contributed by atoms with E-state index in [1.807, 2.05) is 24.3 Å². The molecule has 2 heterocycles. The number of nitrogens with zero attached hydrogens (tertiary/aromatic N) is 1. The third-order valence-corrected chi connectivity index (χ3v) is 3.65. The van der Waals surface area contributed by atoms with Crippen LogP contribution < -0.4 is 20.7 Å². The molecule has 0 saturated carbocycles. The monoisotopic (exact) mass is 271 g/mol. The van der Waals surface area contributed by atoms with Crippen molar-refractivity contribution < 1.29 is 9.47 Å². The van der Waals surface area contributed by atoms with Gasteiger partial charge in [0.25, 0.3) is 0 Å². The first-order valence-corrected chi connectivity index (χ1v) is 6.50. The quantitative estimate of drug-likeness (QED) is 0.655. The van der Waals surface area contributed by atoms with Gasteiger partial charge in [0, 0.05) is 17.7 Å². The van der Waals surface area contributed by atoms with E-state index in [0.717, 1.165) is 17.1 Å². The SMILES string of the molecule is COc1cncc(C(NN)C2COc3ccccc32)c1. The second-order valence-corrected chi connectivity index (χ2v) is 4.76. The number of para-hydroxylation sites is 1. The van der Waals surface area contributed by atoms with Crippen LogP contribution in [0.1, 0.15) is 23.1 Å². The van der Waals surface area contributed by atoms with Crippen LogP contribution >= 0.6 is 0 Å². The summed E-state index contributed by atoms with van der Waals surface area (Å²) in [6.07, 6.45) is 3.48. The summed E-state index contributed by atoms with van der Waals surface area (Å²) in [5, 5.41) is 0. The zero-order chi connectivity index (χ0) is 13.9. The van der Waals surface area contributed by atoms with E-state index >= 15 is 0 Å². The molecule has 104 valence electrons. The van der Waals surface area contributed by atoms with Gasteiger partial charge < -0.3 is 9.47 Å². The molecule has 1 aliphatic rings. The van der Waals surface area contributed by atoms with Crippen molar-refractivity contribution in [3.63, 3.8) is 0 Å². The molecule has 3 N–H and O–H groups in total. The van der Waals surface area contributed by atoms with Gasteiger partial charge in [0.15, 0.2) is 0 Å². The number of benzene rings is 1. The number of fused-ring (bicyclic) bond motifs is 1. The molecular weight excluding hydrogens is 254 g/mol. The molecule has 20 heavy (non-hydrogen) atoms. The van der Waals surface area contributed by atoms with Gasteiger partial charge in [-0.05, 0) is 17.7 Å². The minimum atomic E-state index is -0.0683. The Morgan fingerprint density at radius 3 is 3.05 bits per heavy atom. The van der Waals surface area contributed by atoms with E-state index in [1.54, 1.807) is 19.5 Å². The van der Waals surface area contributed by atoms with Crippen LogP contribution in [0.3, 0.4) is 0 Å². The molecule has 2 aromatic rings. The van der Waals surface area contributed by atoms with Crippen LogP contribution in [0.5, 0.6) is 11.5 Å². The third-order valence-electron chi connectivity index (χ3n) is 3.65. The normalized spacial score (nSPS) is 18.2. The summed E-state index contributed by atoms with van der Waals surface area (Å²) >= 11 is 0. The molecule has 2 unspecified atom stereocenters. The lowest BCUT2D eigenvalue weighted by Crippen LogP contribution is -2.33. The predicted molar refractivity (Wildman–Crippen MR) is 75.5 cm³/mol. The van der Waals surface area contributed by atoms with Crippen molar-refractivity contribution in [3.8, 4) is 11.5 Å². The van der Waals surface area contributed by atoms with Crippen molar-refractivity contribution in [2.45, 2.75) is 12.0 Å². The van der Waals surface area contributed by atoms with Crippen LogP contribution in [0.15, 0.2) is 42.7 Å². The number of nitrogens with one attached hydrogen (secondary N) is 1. The summed E-state index contributed by atoms with van der Waals surface area (Å²) in [5.74, 6) is 7.56. The summed E-state index contributed by atoms with van der Waals surface area (Å²) in [6, 6.07) is 9.91. The lowest BCUT2D eigenvalue weighted by Gasteiger charge is -2.22. The number of hydrogen-bond donors (Lipinski definition) is 2. The largest absolute Gasteiger partial charge is 0.495 e. The first-order valence-electron chi connectivity index (χ1n) is 6.50. The highest BCUT2D eigenvalue weighted by molar-refractivity contribution is 5.42. The Kier molecular flexibility index (Phi) is 3.54. The molecule has 1 aromatic heterocycles. The van der Waals surface area contributed by atoms with Crippen LogP contribution in [0, 0.1) is 0 Å². The summed E-state index contributed by atoms with van der Waals surface area (Å²) in [5.41, 5.74) is 5.03. The molecule has 0 amide bonds. The summed E-state index contributed by atoms with van der Waals surface area (Å²) in [6.45, 7) is 0.603. The van der Waals surface area contributed by atoms with Crippen LogP contribution in [-0.2, 0) is 0 Å². The van der Waals surface area contributed by atoms with E-state index in [2.05, 4.69) is 16.5 Å². The molecule has 5 nitrogen and oxygen atoms in total. The van der Waals surface area contributed by atoms with Crippen molar-refractivity contribution >= 4 is 0 Å². The highest BCUT2D eigenvalue weighted by Crippen LogP contribution is 2.41. The minimum absolute atomic E-state index is 0.0683. The topological polar surface area (TPSA) is 69.4 Å². The highest BCUT2D eigenvalue weighted by atomic mass is 16.5. The van der Waals surface area contributed by atoms with E-state index in [9.17, 15) is 0 Å². The summed E-state index contributed by atoms with van der Waals surface area (Å²) < 4.78 is 10.9. The molecule has 3 rings (SSSR count). The number of hydrazine groups is 1. The van der Waals surface area contributed by atoms with Crippen LogP contribution in [0.25, 0.3) is 0 Å². The molecule has 0 bridgehead atoms. The van der Waals surface area contributed by atoms with Crippen LogP contribution in [0.4, 0.5) is 0 Å².